The zero-order valence-corrected chi connectivity index (χ0v) is 18.1. The fourth-order valence-corrected chi connectivity index (χ4v) is 3.71. The van der Waals surface area contributed by atoms with Crippen molar-refractivity contribution in [3.05, 3.63) is 53.6 Å². The van der Waals surface area contributed by atoms with E-state index in [1.807, 2.05) is 36.4 Å². The number of aryl methyl sites for hydroxylation is 1. The second-order valence-electron chi connectivity index (χ2n) is 7.88. The lowest BCUT2D eigenvalue weighted by molar-refractivity contribution is -0.123. The average molecular weight is 440 g/mol. The number of fused-ring (bicyclic) bond motifs is 1. The normalized spacial score (nSPS) is 16.1. The van der Waals surface area contributed by atoms with Crippen molar-refractivity contribution in [2.24, 2.45) is 0 Å². The van der Waals surface area contributed by atoms with Crippen molar-refractivity contribution in [2.75, 3.05) is 51.4 Å². The molecule has 2 aliphatic rings. The Bertz CT molecular complexity index is 943. The first-order chi connectivity index (χ1) is 15.7. The van der Waals surface area contributed by atoms with Crippen molar-refractivity contribution in [2.45, 2.75) is 19.4 Å². The van der Waals surface area contributed by atoms with Gasteiger partial charge in [0, 0.05) is 38.3 Å². The third-order valence-corrected chi connectivity index (χ3v) is 5.51. The molecular formula is C24H29N3O5. The summed E-state index contributed by atoms with van der Waals surface area (Å²) in [5.41, 5.74) is 2.80. The van der Waals surface area contributed by atoms with Crippen molar-refractivity contribution in [1.82, 2.24) is 10.2 Å². The summed E-state index contributed by atoms with van der Waals surface area (Å²) < 4.78 is 16.8. The van der Waals surface area contributed by atoms with Gasteiger partial charge in [-0.2, -0.15) is 0 Å². The summed E-state index contributed by atoms with van der Waals surface area (Å²) >= 11 is 0. The molecule has 0 bridgehead atoms. The van der Waals surface area contributed by atoms with Gasteiger partial charge in [-0.25, -0.2) is 0 Å². The third kappa shape index (κ3) is 6.45. The number of nitrogens with one attached hydrogen (secondary N) is 2. The van der Waals surface area contributed by atoms with E-state index >= 15 is 0 Å². The Kier molecular flexibility index (Phi) is 7.58. The van der Waals surface area contributed by atoms with Crippen LogP contribution in [0.25, 0.3) is 0 Å². The highest BCUT2D eigenvalue weighted by Crippen LogP contribution is 2.26. The molecule has 0 spiro atoms. The van der Waals surface area contributed by atoms with E-state index in [-0.39, 0.29) is 18.4 Å². The molecular weight excluding hydrogens is 410 g/mol. The Balaban J connectivity index is 1.18. The van der Waals surface area contributed by atoms with Gasteiger partial charge >= 0.3 is 0 Å². The van der Waals surface area contributed by atoms with Crippen LogP contribution in [0.1, 0.15) is 17.5 Å². The van der Waals surface area contributed by atoms with Gasteiger partial charge in [0.15, 0.2) is 6.61 Å². The van der Waals surface area contributed by atoms with Crippen LogP contribution in [-0.4, -0.2) is 62.8 Å². The van der Waals surface area contributed by atoms with Crippen LogP contribution < -0.4 is 20.1 Å². The number of hydrogen-bond acceptors (Lipinski definition) is 6. The number of rotatable bonds is 9. The first kappa shape index (κ1) is 22.1. The molecule has 2 amide bonds. The van der Waals surface area contributed by atoms with E-state index < -0.39 is 0 Å². The molecule has 8 nitrogen and oxygen atoms in total. The van der Waals surface area contributed by atoms with Gasteiger partial charge in [0.25, 0.3) is 5.91 Å². The Labute approximate surface area is 187 Å². The van der Waals surface area contributed by atoms with Crippen LogP contribution in [-0.2, 0) is 27.3 Å². The van der Waals surface area contributed by atoms with Gasteiger partial charge in [0.2, 0.25) is 5.91 Å². The fourth-order valence-electron chi connectivity index (χ4n) is 3.71. The summed E-state index contributed by atoms with van der Waals surface area (Å²) in [6.07, 6.45) is 1.14. The van der Waals surface area contributed by atoms with Crippen LogP contribution >= 0.6 is 0 Å². The predicted molar refractivity (Wildman–Crippen MR) is 120 cm³/mol. The minimum absolute atomic E-state index is 0.0251. The van der Waals surface area contributed by atoms with Crippen LogP contribution in [0.15, 0.2) is 42.5 Å². The quantitative estimate of drug-likeness (QED) is 0.621. The maximum absolute atomic E-state index is 12.2. The van der Waals surface area contributed by atoms with Crippen LogP contribution in [0.3, 0.4) is 0 Å². The summed E-state index contributed by atoms with van der Waals surface area (Å²) in [5, 5.41) is 5.71. The third-order valence-electron chi connectivity index (χ3n) is 5.51. The number of carbonyl (C=O) groups is 2. The number of amides is 2. The fraction of sp³-hybridized carbons (Fsp3) is 0.417. The maximum Gasteiger partial charge on any atom is 0.258 e. The van der Waals surface area contributed by atoms with Crippen molar-refractivity contribution in [3.8, 4) is 11.5 Å². The second kappa shape index (κ2) is 11.0. The smallest absolute Gasteiger partial charge is 0.258 e. The Hall–Kier alpha value is -3.10. The molecule has 2 heterocycles. The number of anilines is 1. The van der Waals surface area contributed by atoms with Crippen LogP contribution in [0.2, 0.25) is 0 Å². The van der Waals surface area contributed by atoms with Crippen molar-refractivity contribution < 1.29 is 23.8 Å². The van der Waals surface area contributed by atoms with Crippen molar-refractivity contribution >= 4 is 17.5 Å². The molecule has 1 fully saturated rings. The van der Waals surface area contributed by atoms with E-state index in [1.165, 1.54) is 0 Å². The lowest BCUT2D eigenvalue weighted by Gasteiger charge is -2.26. The molecule has 0 unspecified atom stereocenters. The summed E-state index contributed by atoms with van der Waals surface area (Å²) in [6.45, 7) is 5.27. The molecule has 1 saturated heterocycles. The molecule has 0 saturated carbocycles. The summed E-state index contributed by atoms with van der Waals surface area (Å²) in [6, 6.07) is 13.2. The number of carbonyl (C=O) groups excluding carboxylic acids is 2. The van der Waals surface area contributed by atoms with Crippen molar-refractivity contribution in [3.63, 3.8) is 0 Å². The SMILES string of the molecule is O=C(COc1ccc2c(c1)CCC(=O)N2)NCc1cccc(OCCN2CCOCC2)c1. The molecule has 2 N–H and O–H groups in total. The number of nitrogens with zero attached hydrogens (tertiary/aromatic N) is 1. The van der Waals surface area contributed by atoms with Gasteiger partial charge in [-0.15, -0.1) is 0 Å². The zero-order chi connectivity index (χ0) is 22.2. The highest BCUT2D eigenvalue weighted by Gasteiger charge is 2.15. The van der Waals surface area contributed by atoms with E-state index in [9.17, 15) is 9.59 Å². The summed E-state index contributed by atoms with van der Waals surface area (Å²) in [5.74, 6) is 1.24. The van der Waals surface area contributed by atoms with Gasteiger partial charge in [-0.3, -0.25) is 14.5 Å². The molecule has 0 aromatic heterocycles. The topological polar surface area (TPSA) is 89.1 Å². The Morgan fingerprint density at radius 3 is 2.78 bits per heavy atom. The Morgan fingerprint density at radius 1 is 1.06 bits per heavy atom. The highest BCUT2D eigenvalue weighted by atomic mass is 16.5. The van der Waals surface area contributed by atoms with E-state index in [1.54, 1.807) is 6.07 Å². The minimum Gasteiger partial charge on any atom is -0.492 e. The van der Waals surface area contributed by atoms with Crippen LogP contribution in [0, 0.1) is 0 Å². The molecule has 170 valence electrons. The van der Waals surface area contributed by atoms with Gasteiger partial charge in [0.05, 0.1) is 13.2 Å². The summed E-state index contributed by atoms with van der Waals surface area (Å²) in [4.78, 5) is 26.0. The van der Waals surface area contributed by atoms with E-state index in [4.69, 9.17) is 14.2 Å². The van der Waals surface area contributed by atoms with E-state index in [0.717, 1.165) is 55.4 Å². The van der Waals surface area contributed by atoms with Gasteiger partial charge in [-0.05, 0) is 47.9 Å². The lowest BCUT2D eigenvalue weighted by Crippen LogP contribution is -2.38. The molecule has 0 aliphatic carbocycles. The van der Waals surface area contributed by atoms with Crippen LogP contribution in [0.5, 0.6) is 11.5 Å². The molecule has 8 heteroatoms. The molecule has 2 aromatic carbocycles. The minimum atomic E-state index is -0.199. The molecule has 0 radical (unpaired) electrons. The maximum atomic E-state index is 12.2. The zero-order valence-electron chi connectivity index (χ0n) is 18.1. The van der Waals surface area contributed by atoms with Gasteiger partial charge in [-0.1, -0.05) is 12.1 Å². The number of ether oxygens (including phenoxy) is 3. The van der Waals surface area contributed by atoms with Crippen molar-refractivity contribution in [1.29, 1.82) is 0 Å². The molecule has 32 heavy (non-hydrogen) atoms. The number of benzene rings is 2. The second-order valence-corrected chi connectivity index (χ2v) is 7.88. The van der Waals surface area contributed by atoms with E-state index in [2.05, 4.69) is 15.5 Å². The molecule has 2 aromatic rings. The first-order valence-electron chi connectivity index (χ1n) is 11.0. The summed E-state index contributed by atoms with van der Waals surface area (Å²) in [7, 11) is 0. The van der Waals surface area contributed by atoms with Gasteiger partial charge < -0.3 is 24.8 Å². The average Bonchev–Trinajstić information content (AvgIpc) is 2.82. The van der Waals surface area contributed by atoms with E-state index in [0.29, 0.717) is 31.7 Å². The number of hydrogen-bond donors (Lipinski definition) is 2. The Morgan fingerprint density at radius 2 is 1.91 bits per heavy atom. The number of morpholine rings is 1. The predicted octanol–water partition coefficient (Wildman–Crippen LogP) is 1.98. The lowest BCUT2D eigenvalue weighted by atomic mass is 10.0. The highest BCUT2D eigenvalue weighted by molar-refractivity contribution is 5.94. The first-order valence-corrected chi connectivity index (χ1v) is 11.0. The standard InChI is InChI=1S/C24H29N3O5/c28-23-7-4-19-15-21(5-6-22(19)26-23)32-17-24(29)25-16-18-2-1-3-20(14-18)31-13-10-27-8-11-30-12-9-27/h1-3,5-6,14-15H,4,7-13,16-17H2,(H,25,29)(H,26,28). The largest absolute Gasteiger partial charge is 0.492 e. The van der Waals surface area contributed by atoms with Gasteiger partial charge in [0.1, 0.15) is 18.1 Å². The monoisotopic (exact) mass is 439 g/mol. The van der Waals surface area contributed by atoms with Crippen LogP contribution in [0.4, 0.5) is 5.69 Å². The molecule has 0 atom stereocenters. The molecule has 2 aliphatic heterocycles. The molecule has 4 rings (SSSR count).